The topological polar surface area (TPSA) is 66.5 Å². The number of halogens is 1. The number of carbonyl (C=O) groups is 1. The minimum Gasteiger partial charge on any atom is -0.351 e. The fourth-order valence-electron chi connectivity index (χ4n) is 3.17. The molecule has 0 radical (unpaired) electrons. The molecule has 0 bridgehead atoms. The van der Waals surface area contributed by atoms with Crippen LogP contribution in [0.5, 0.6) is 0 Å². The molecule has 0 aliphatic carbocycles. The maximum Gasteiger partial charge on any atom is 0.251 e. The molecule has 0 spiro atoms. The van der Waals surface area contributed by atoms with Crippen molar-refractivity contribution in [1.82, 2.24) is 5.32 Å². The maximum absolute atomic E-state index is 12.5. The Hall–Kier alpha value is -2.48. The van der Waals surface area contributed by atoms with Crippen molar-refractivity contribution in [3.8, 4) is 0 Å². The van der Waals surface area contributed by atoms with Gasteiger partial charge in [0.1, 0.15) is 0 Å². The Morgan fingerprint density at radius 1 is 1.00 bits per heavy atom. The van der Waals surface area contributed by atoms with E-state index in [0.29, 0.717) is 28.4 Å². The number of rotatable bonds is 10. The van der Waals surface area contributed by atoms with E-state index in [4.69, 9.17) is 11.6 Å². The van der Waals surface area contributed by atoms with E-state index in [9.17, 15) is 13.2 Å². The van der Waals surface area contributed by atoms with Crippen molar-refractivity contribution in [2.75, 3.05) is 22.9 Å². The first-order chi connectivity index (χ1) is 15.7. The van der Waals surface area contributed by atoms with Gasteiger partial charge in [0.05, 0.1) is 18.5 Å². The van der Waals surface area contributed by atoms with Gasteiger partial charge in [0, 0.05) is 28.6 Å². The van der Waals surface area contributed by atoms with Gasteiger partial charge in [-0.2, -0.15) is 11.8 Å². The number of nitrogens with zero attached hydrogens (tertiary/aromatic N) is 1. The zero-order valence-corrected chi connectivity index (χ0v) is 21.0. The zero-order chi connectivity index (χ0) is 23.8. The first-order valence-corrected chi connectivity index (χ1v) is 13.8. The lowest BCUT2D eigenvalue weighted by molar-refractivity contribution is 0.0956. The van der Waals surface area contributed by atoms with Crippen molar-refractivity contribution in [3.63, 3.8) is 0 Å². The first-order valence-electron chi connectivity index (χ1n) is 10.5. The third-order valence-electron chi connectivity index (χ3n) is 5.01. The van der Waals surface area contributed by atoms with E-state index in [1.807, 2.05) is 6.07 Å². The smallest absolute Gasteiger partial charge is 0.251 e. The second-order valence-corrected chi connectivity index (χ2v) is 11.1. The molecule has 1 N–H and O–H groups in total. The molecule has 0 aliphatic heterocycles. The van der Waals surface area contributed by atoms with Gasteiger partial charge in [0.2, 0.25) is 10.0 Å². The van der Waals surface area contributed by atoms with Crippen molar-refractivity contribution in [2.45, 2.75) is 19.2 Å². The van der Waals surface area contributed by atoms with Crippen LogP contribution in [0.3, 0.4) is 0 Å². The Labute approximate surface area is 205 Å². The molecule has 8 heteroatoms. The van der Waals surface area contributed by atoms with Gasteiger partial charge in [-0.15, -0.1) is 0 Å². The van der Waals surface area contributed by atoms with Crippen LogP contribution in [-0.4, -0.2) is 32.9 Å². The Bertz CT molecular complexity index is 1180. The predicted octanol–water partition coefficient (Wildman–Crippen LogP) is 5.28. The van der Waals surface area contributed by atoms with Crippen LogP contribution in [0.2, 0.25) is 5.02 Å². The van der Waals surface area contributed by atoms with Gasteiger partial charge in [0.15, 0.2) is 0 Å². The molecule has 1 amide bonds. The highest BCUT2D eigenvalue weighted by Crippen LogP contribution is 2.24. The predicted molar refractivity (Wildman–Crippen MR) is 139 cm³/mol. The van der Waals surface area contributed by atoms with Crippen molar-refractivity contribution < 1.29 is 13.2 Å². The number of hydrogen-bond donors (Lipinski definition) is 1. The highest BCUT2D eigenvalue weighted by Gasteiger charge is 2.19. The number of carbonyl (C=O) groups excluding carboxylic acids is 1. The number of sulfonamides is 1. The molecule has 0 saturated heterocycles. The summed E-state index contributed by atoms with van der Waals surface area (Å²) >= 11 is 7.97. The lowest BCUT2D eigenvalue weighted by Gasteiger charge is -2.23. The first kappa shape index (κ1) is 25.1. The lowest BCUT2D eigenvalue weighted by atomic mass is 10.1. The molecule has 0 unspecified atom stereocenters. The molecule has 0 heterocycles. The van der Waals surface area contributed by atoms with Gasteiger partial charge in [-0.1, -0.05) is 59.6 Å². The molecule has 3 aromatic rings. The summed E-state index contributed by atoms with van der Waals surface area (Å²) in [5.74, 6) is 1.52. The highest BCUT2D eigenvalue weighted by molar-refractivity contribution is 7.98. The fourth-order valence-corrected chi connectivity index (χ4v) is 5.07. The van der Waals surface area contributed by atoms with Crippen LogP contribution in [-0.2, 0) is 22.3 Å². The highest BCUT2D eigenvalue weighted by atomic mass is 35.5. The minimum atomic E-state index is -3.54. The molecule has 0 atom stereocenters. The van der Waals surface area contributed by atoms with E-state index in [1.165, 1.54) is 15.4 Å². The van der Waals surface area contributed by atoms with Crippen LogP contribution in [0.25, 0.3) is 0 Å². The van der Waals surface area contributed by atoms with Crippen LogP contribution in [0.1, 0.15) is 27.0 Å². The van der Waals surface area contributed by atoms with E-state index in [1.54, 1.807) is 54.2 Å². The molecule has 33 heavy (non-hydrogen) atoms. The molecular weight excluding hydrogens is 476 g/mol. The van der Waals surface area contributed by atoms with Gasteiger partial charge in [-0.05, 0) is 48.4 Å². The lowest BCUT2D eigenvalue weighted by Crippen LogP contribution is -2.29. The Balaban J connectivity index is 1.55. The average Bonchev–Trinajstić information content (AvgIpc) is 2.79. The second-order valence-electron chi connectivity index (χ2n) is 7.70. The fraction of sp³-hybridized carbons (Fsp3) is 0.240. The number of aryl methyl sites for hydroxylation is 1. The summed E-state index contributed by atoms with van der Waals surface area (Å²) in [5.41, 5.74) is 4.16. The monoisotopic (exact) mass is 502 g/mol. The minimum absolute atomic E-state index is 0.113. The van der Waals surface area contributed by atoms with Gasteiger partial charge >= 0.3 is 0 Å². The summed E-state index contributed by atoms with van der Waals surface area (Å²) in [6, 6.07) is 22.1. The van der Waals surface area contributed by atoms with Crippen LogP contribution in [0, 0.1) is 6.92 Å². The largest absolute Gasteiger partial charge is 0.351 e. The van der Waals surface area contributed by atoms with Crippen molar-refractivity contribution >= 4 is 45.0 Å². The number of nitrogens with one attached hydrogen (secondary N) is 1. The zero-order valence-electron chi connectivity index (χ0n) is 18.6. The number of thioether (sulfide) groups is 1. The van der Waals surface area contributed by atoms with E-state index in [2.05, 4.69) is 36.5 Å². The Morgan fingerprint density at radius 3 is 2.30 bits per heavy atom. The summed E-state index contributed by atoms with van der Waals surface area (Å²) in [6.07, 6.45) is 1.15. The standard InChI is InChI=1S/C25H27ClN2O3S2/c1-19-7-9-20(10-8-19)18-32-16-15-27-25(29)21-11-13-23(14-12-21)28(33(2,30)31)17-22-5-3-4-6-24(22)26/h3-14H,15-18H2,1-2H3,(H,27,29). The van der Waals surface area contributed by atoms with Crippen LogP contribution < -0.4 is 9.62 Å². The van der Waals surface area contributed by atoms with Crippen LogP contribution >= 0.6 is 23.4 Å². The Kier molecular flexibility index (Phi) is 8.83. The molecule has 5 nitrogen and oxygen atoms in total. The van der Waals surface area contributed by atoms with Crippen molar-refractivity contribution in [1.29, 1.82) is 0 Å². The molecular formula is C25H27ClN2O3S2. The van der Waals surface area contributed by atoms with E-state index in [-0.39, 0.29) is 12.5 Å². The number of benzene rings is 3. The Morgan fingerprint density at radius 2 is 1.67 bits per heavy atom. The van der Waals surface area contributed by atoms with Gasteiger partial charge in [-0.25, -0.2) is 8.42 Å². The second kappa shape index (κ2) is 11.6. The van der Waals surface area contributed by atoms with Gasteiger partial charge in [-0.3, -0.25) is 9.10 Å². The molecule has 0 fully saturated rings. The molecule has 0 aromatic heterocycles. The molecule has 174 valence electrons. The molecule has 3 aromatic carbocycles. The normalized spacial score (nSPS) is 11.2. The summed E-state index contributed by atoms with van der Waals surface area (Å²) in [4.78, 5) is 12.5. The van der Waals surface area contributed by atoms with Gasteiger partial charge < -0.3 is 5.32 Å². The van der Waals surface area contributed by atoms with Crippen molar-refractivity contribution in [2.24, 2.45) is 0 Å². The quantitative estimate of drug-likeness (QED) is 0.383. The van der Waals surface area contributed by atoms with Crippen molar-refractivity contribution in [3.05, 3.63) is 100 Å². The molecule has 3 rings (SSSR count). The van der Waals surface area contributed by atoms with E-state index < -0.39 is 10.0 Å². The summed E-state index contributed by atoms with van der Waals surface area (Å²) < 4.78 is 26.1. The summed E-state index contributed by atoms with van der Waals surface area (Å²) in [5, 5.41) is 3.41. The van der Waals surface area contributed by atoms with Crippen LogP contribution in [0.4, 0.5) is 5.69 Å². The third-order valence-corrected chi connectivity index (χ3v) is 7.55. The SMILES string of the molecule is Cc1ccc(CSCCNC(=O)c2ccc(N(Cc3ccccc3Cl)S(C)(=O)=O)cc2)cc1. The molecule has 0 saturated carbocycles. The third kappa shape index (κ3) is 7.52. The van der Waals surface area contributed by atoms with Gasteiger partial charge in [0.25, 0.3) is 5.91 Å². The maximum atomic E-state index is 12.5. The number of anilines is 1. The van der Waals surface area contributed by atoms with Crippen LogP contribution in [0.15, 0.2) is 72.8 Å². The summed E-state index contributed by atoms with van der Waals surface area (Å²) in [6.45, 7) is 2.73. The average molecular weight is 503 g/mol. The van der Waals surface area contributed by atoms with E-state index in [0.717, 1.165) is 17.8 Å². The van der Waals surface area contributed by atoms with E-state index >= 15 is 0 Å². The number of amides is 1. The summed E-state index contributed by atoms with van der Waals surface area (Å²) in [7, 11) is -3.54. The molecule has 0 aliphatic rings. The number of hydrogen-bond acceptors (Lipinski definition) is 4.